The zero-order valence-corrected chi connectivity index (χ0v) is 18.7. The van der Waals surface area contributed by atoms with Gasteiger partial charge in [0.15, 0.2) is 6.10 Å². The van der Waals surface area contributed by atoms with Gasteiger partial charge in [-0.25, -0.2) is 4.79 Å². The summed E-state index contributed by atoms with van der Waals surface area (Å²) in [6, 6.07) is 0. The number of rotatable bonds is 2. The molecule has 2 aliphatic carbocycles. The molecule has 1 unspecified atom stereocenters. The molecular formula is C24H34O6. The second-order valence-electron chi connectivity index (χ2n) is 9.78. The van der Waals surface area contributed by atoms with Crippen LogP contribution in [0.2, 0.25) is 0 Å². The minimum absolute atomic E-state index is 0.0222. The number of carbonyl (C=O) groups excluding carboxylic acids is 2. The van der Waals surface area contributed by atoms with E-state index in [1.165, 1.54) is 7.11 Å². The fraction of sp³-hybridized carbons (Fsp3) is 0.750. The Morgan fingerprint density at radius 3 is 2.57 bits per heavy atom. The summed E-state index contributed by atoms with van der Waals surface area (Å²) in [5.41, 5.74) is 0.196. The predicted octanol–water partition coefficient (Wildman–Crippen LogP) is 2.69. The Kier molecular flexibility index (Phi) is 5.48. The van der Waals surface area contributed by atoms with Crippen molar-refractivity contribution in [1.82, 2.24) is 0 Å². The number of ether oxygens (including phenoxy) is 3. The molecule has 0 radical (unpaired) electrons. The molecule has 4 aliphatic rings. The van der Waals surface area contributed by atoms with E-state index in [0.29, 0.717) is 6.42 Å². The number of aliphatic hydroxyl groups excluding tert-OH is 1. The van der Waals surface area contributed by atoms with E-state index in [2.05, 4.69) is 19.1 Å². The number of Topliss-reactive ketones (excluding diaryl/α,β-unsaturated/α-hetero) is 1. The van der Waals surface area contributed by atoms with Gasteiger partial charge in [0.05, 0.1) is 18.1 Å². The number of hydrogen-bond acceptors (Lipinski definition) is 6. The lowest BCUT2D eigenvalue weighted by Gasteiger charge is -2.45. The molecule has 30 heavy (non-hydrogen) atoms. The number of methoxy groups -OCH3 is 1. The van der Waals surface area contributed by atoms with Crippen LogP contribution in [0.15, 0.2) is 23.8 Å². The zero-order chi connectivity index (χ0) is 22.0. The summed E-state index contributed by atoms with van der Waals surface area (Å²) >= 11 is 0. The Balaban J connectivity index is 1.87. The van der Waals surface area contributed by atoms with Crippen molar-refractivity contribution < 1.29 is 28.9 Å². The van der Waals surface area contributed by atoms with E-state index in [0.717, 1.165) is 5.57 Å². The van der Waals surface area contributed by atoms with Gasteiger partial charge in [-0.2, -0.15) is 0 Å². The molecule has 11 atom stereocenters. The summed E-state index contributed by atoms with van der Waals surface area (Å²) in [7, 11) is 1.49. The van der Waals surface area contributed by atoms with E-state index in [4.69, 9.17) is 14.2 Å². The average molecular weight is 419 g/mol. The first-order chi connectivity index (χ1) is 14.1. The third kappa shape index (κ3) is 2.94. The van der Waals surface area contributed by atoms with Crippen molar-refractivity contribution in [3.8, 4) is 0 Å². The molecule has 1 saturated heterocycles. The molecule has 0 aromatic heterocycles. The normalized spacial score (nSPS) is 50.9. The van der Waals surface area contributed by atoms with Gasteiger partial charge in [0, 0.05) is 30.8 Å². The predicted molar refractivity (Wildman–Crippen MR) is 110 cm³/mol. The lowest BCUT2D eigenvalue weighted by Crippen LogP contribution is -2.54. The number of esters is 1. The highest BCUT2D eigenvalue weighted by Crippen LogP contribution is 2.60. The number of aliphatic hydroxyl groups is 1. The van der Waals surface area contributed by atoms with Crippen molar-refractivity contribution in [2.24, 2.45) is 35.5 Å². The Hall–Kier alpha value is -1.50. The van der Waals surface area contributed by atoms with Gasteiger partial charge in [-0.15, -0.1) is 0 Å². The molecule has 1 saturated carbocycles. The molecule has 1 N–H and O–H groups in total. The second-order valence-corrected chi connectivity index (χ2v) is 9.78. The lowest BCUT2D eigenvalue weighted by atomic mass is 9.57. The van der Waals surface area contributed by atoms with Gasteiger partial charge in [-0.1, -0.05) is 39.0 Å². The molecule has 4 bridgehead atoms. The summed E-state index contributed by atoms with van der Waals surface area (Å²) in [6.07, 6.45) is 4.31. The fourth-order valence-corrected chi connectivity index (χ4v) is 6.36. The monoisotopic (exact) mass is 418 g/mol. The van der Waals surface area contributed by atoms with Gasteiger partial charge in [0.2, 0.25) is 0 Å². The molecule has 1 spiro atoms. The quantitative estimate of drug-likeness (QED) is 0.549. The largest absolute Gasteiger partial charge is 0.457 e. The molecule has 2 heterocycles. The Morgan fingerprint density at radius 1 is 1.23 bits per heavy atom. The summed E-state index contributed by atoms with van der Waals surface area (Å²) in [6.45, 7) is 9.68. The second kappa shape index (κ2) is 7.57. The van der Waals surface area contributed by atoms with Crippen LogP contribution in [-0.2, 0) is 23.8 Å². The van der Waals surface area contributed by atoms with Crippen LogP contribution in [0.4, 0.5) is 0 Å². The Bertz CT molecular complexity index is 785. The van der Waals surface area contributed by atoms with E-state index in [9.17, 15) is 14.7 Å². The van der Waals surface area contributed by atoms with Crippen molar-refractivity contribution in [2.75, 3.05) is 7.11 Å². The van der Waals surface area contributed by atoms with E-state index >= 15 is 0 Å². The van der Waals surface area contributed by atoms with Gasteiger partial charge in [-0.05, 0) is 31.8 Å². The Morgan fingerprint density at radius 2 is 1.93 bits per heavy atom. The topological polar surface area (TPSA) is 82.1 Å². The molecule has 6 heteroatoms. The zero-order valence-electron chi connectivity index (χ0n) is 18.7. The molecule has 2 fully saturated rings. The molecule has 2 aliphatic heterocycles. The van der Waals surface area contributed by atoms with Crippen LogP contribution >= 0.6 is 0 Å². The summed E-state index contributed by atoms with van der Waals surface area (Å²) < 4.78 is 18.0. The minimum atomic E-state index is -0.831. The third-order valence-electron chi connectivity index (χ3n) is 8.13. The molecule has 4 rings (SSSR count). The maximum Gasteiger partial charge on any atom is 0.335 e. The van der Waals surface area contributed by atoms with E-state index in [1.54, 1.807) is 6.92 Å². The number of hydrogen-bond donors (Lipinski definition) is 1. The molecule has 0 amide bonds. The minimum Gasteiger partial charge on any atom is -0.457 e. The Labute approximate surface area is 178 Å². The van der Waals surface area contributed by atoms with Gasteiger partial charge < -0.3 is 19.3 Å². The summed E-state index contributed by atoms with van der Waals surface area (Å²) in [5.74, 6) is -0.772. The lowest BCUT2D eigenvalue weighted by molar-refractivity contribution is -0.171. The van der Waals surface area contributed by atoms with E-state index < -0.39 is 29.9 Å². The molecular weight excluding hydrogens is 384 g/mol. The molecule has 166 valence electrons. The highest BCUT2D eigenvalue weighted by atomic mass is 16.6. The third-order valence-corrected chi connectivity index (χ3v) is 8.13. The van der Waals surface area contributed by atoms with E-state index in [-0.39, 0.29) is 47.4 Å². The summed E-state index contributed by atoms with van der Waals surface area (Å²) in [5, 5.41) is 10.3. The van der Waals surface area contributed by atoms with Gasteiger partial charge in [-0.3, -0.25) is 4.79 Å². The van der Waals surface area contributed by atoms with Crippen molar-refractivity contribution in [1.29, 1.82) is 0 Å². The van der Waals surface area contributed by atoms with Crippen LogP contribution in [0, 0.1) is 35.5 Å². The van der Waals surface area contributed by atoms with Crippen LogP contribution in [0.3, 0.4) is 0 Å². The smallest absolute Gasteiger partial charge is 0.335 e. The van der Waals surface area contributed by atoms with Crippen molar-refractivity contribution in [3.63, 3.8) is 0 Å². The van der Waals surface area contributed by atoms with Crippen LogP contribution in [0.1, 0.15) is 41.0 Å². The first kappa shape index (κ1) is 21.7. The van der Waals surface area contributed by atoms with E-state index in [1.807, 2.05) is 26.8 Å². The number of carbonyl (C=O) groups is 2. The van der Waals surface area contributed by atoms with Crippen LogP contribution in [0.25, 0.3) is 0 Å². The van der Waals surface area contributed by atoms with Crippen LogP contribution in [-0.4, -0.2) is 54.0 Å². The average Bonchev–Trinajstić information content (AvgIpc) is 2.91. The molecule has 6 nitrogen and oxygen atoms in total. The van der Waals surface area contributed by atoms with Gasteiger partial charge >= 0.3 is 5.97 Å². The highest BCUT2D eigenvalue weighted by Gasteiger charge is 2.67. The highest BCUT2D eigenvalue weighted by molar-refractivity contribution is 5.88. The fourth-order valence-electron chi connectivity index (χ4n) is 6.36. The van der Waals surface area contributed by atoms with Crippen molar-refractivity contribution in [3.05, 3.63) is 23.8 Å². The standard InChI is InChI=1S/C24H34O6/c1-11-9-12(2)24-16(10-18(28-6)23(27)29-21(11)15(5)25)7-8-17-19(24)20(26)13(3)14(4)22(17)30-24/h7-9,11,13-19,21-22,25H,10H2,1-6H3/b12-9+/t11-,13?,14-,15-,16-,17-,18+,19+,21+,22+,24+/m1/s1. The van der Waals surface area contributed by atoms with Crippen molar-refractivity contribution in [2.45, 2.75) is 71.1 Å². The van der Waals surface area contributed by atoms with Crippen LogP contribution in [0.5, 0.6) is 0 Å². The van der Waals surface area contributed by atoms with Gasteiger partial charge in [0.1, 0.15) is 17.5 Å². The van der Waals surface area contributed by atoms with Crippen molar-refractivity contribution >= 4 is 11.8 Å². The van der Waals surface area contributed by atoms with Gasteiger partial charge in [0.25, 0.3) is 0 Å². The molecule has 0 aromatic carbocycles. The maximum atomic E-state index is 13.5. The number of ketones is 1. The summed E-state index contributed by atoms with van der Waals surface area (Å²) in [4.78, 5) is 26.4. The first-order valence-electron chi connectivity index (χ1n) is 11.1. The SMILES string of the molecule is CO[C@H]1C[C@H]2C=C[C@H]3[C@H]4O[C@]2(/C(C)=C/[C@@H](C)[C@@H]([C@@H](C)O)OC1=O)[C@@H]3C(=O)C(C)[C@H]4C. The number of cyclic esters (lactones) is 1. The molecule has 0 aromatic rings. The first-order valence-corrected chi connectivity index (χ1v) is 11.1. The maximum absolute atomic E-state index is 13.5. The van der Waals surface area contributed by atoms with Crippen LogP contribution < -0.4 is 0 Å².